The summed E-state index contributed by atoms with van der Waals surface area (Å²) in [5.41, 5.74) is 2.80. The molecular formula is C25H38N4O5. The van der Waals surface area contributed by atoms with Gasteiger partial charge in [-0.15, -0.1) is 0 Å². The van der Waals surface area contributed by atoms with Gasteiger partial charge in [-0.05, 0) is 46.1 Å². The van der Waals surface area contributed by atoms with Gasteiger partial charge in [0.1, 0.15) is 5.60 Å². The summed E-state index contributed by atoms with van der Waals surface area (Å²) < 4.78 is 10.6. The van der Waals surface area contributed by atoms with Gasteiger partial charge in [-0.2, -0.15) is 0 Å². The molecule has 0 radical (unpaired) electrons. The Morgan fingerprint density at radius 2 is 1.59 bits per heavy atom. The lowest BCUT2D eigenvalue weighted by molar-refractivity contribution is -0.145. The minimum atomic E-state index is -0.720. The maximum atomic E-state index is 13.7. The fourth-order valence-corrected chi connectivity index (χ4v) is 4.46. The Hall–Kier alpha value is -2.65. The Bertz CT molecular complexity index is 839. The van der Waals surface area contributed by atoms with Crippen LogP contribution in [0.4, 0.5) is 4.79 Å². The number of nitrogens with one attached hydrogen (secondary N) is 1. The molecule has 2 amide bonds. The lowest BCUT2D eigenvalue weighted by Gasteiger charge is -2.43. The highest BCUT2D eigenvalue weighted by Gasteiger charge is 2.45. The summed E-state index contributed by atoms with van der Waals surface area (Å²) in [6.07, 6.45) is 0.697. The first-order valence-electron chi connectivity index (χ1n) is 12.1. The number of ether oxygens (including phenoxy) is 2. The van der Waals surface area contributed by atoms with Gasteiger partial charge >= 0.3 is 12.1 Å². The number of hydrogen-bond acceptors (Lipinski definition) is 7. The Labute approximate surface area is 202 Å². The van der Waals surface area contributed by atoms with E-state index in [2.05, 4.69) is 5.43 Å². The highest BCUT2D eigenvalue weighted by molar-refractivity contribution is 5.88. The van der Waals surface area contributed by atoms with E-state index < -0.39 is 11.0 Å². The van der Waals surface area contributed by atoms with Crippen LogP contribution in [-0.2, 0) is 24.5 Å². The second-order valence-electron chi connectivity index (χ2n) is 9.92. The summed E-state index contributed by atoms with van der Waals surface area (Å²) in [7, 11) is 0. The topological polar surface area (TPSA) is 91.4 Å². The minimum Gasteiger partial charge on any atom is -0.465 e. The maximum Gasteiger partial charge on any atom is 0.410 e. The number of piperidine rings is 1. The van der Waals surface area contributed by atoms with Crippen molar-refractivity contribution >= 4 is 18.0 Å². The molecule has 9 nitrogen and oxygen atoms in total. The van der Waals surface area contributed by atoms with Gasteiger partial charge in [-0.25, -0.2) is 9.80 Å². The van der Waals surface area contributed by atoms with Crippen molar-refractivity contribution < 1.29 is 23.9 Å². The fraction of sp³-hybridized carbons (Fsp3) is 0.640. The molecule has 2 heterocycles. The normalized spacial score (nSPS) is 19.4. The number of nitrogens with zero attached hydrogens (tertiary/aromatic N) is 3. The molecule has 188 valence electrons. The van der Waals surface area contributed by atoms with Crippen molar-refractivity contribution in [2.24, 2.45) is 0 Å². The second kappa shape index (κ2) is 11.2. The third kappa shape index (κ3) is 6.70. The van der Waals surface area contributed by atoms with Crippen molar-refractivity contribution in [1.82, 2.24) is 20.2 Å². The van der Waals surface area contributed by atoms with Crippen LogP contribution in [-0.4, -0.2) is 90.8 Å². The van der Waals surface area contributed by atoms with E-state index in [1.54, 1.807) is 11.8 Å². The molecule has 2 aliphatic rings. The zero-order valence-corrected chi connectivity index (χ0v) is 20.8. The number of benzene rings is 1. The van der Waals surface area contributed by atoms with Crippen LogP contribution >= 0.6 is 0 Å². The van der Waals surface area contributed by atoms with E-state index in [1.807, 2.05) is 61.0 Å². The highest BCUT2D eigenvalue weighted by atomic mass is 16.6. The van der Waals surface area contributed by atoms with Gasteiger partial charge in [0.25, 0.3) is 0 Å². The first-order chi connectivity index (χ1) is 16.1. The van der Waals surface area contributed by atoms with Gasteiger partial charge < -0.3 is 14.4 Å². The molecule has 2 aliphatic heterocycles. The molecule has 0 atom stereocenters. The summed E-state index contributed by atoms with van der Waals surface area (Å²) in [6.45, 7) is 11.5. The van der Waals surface area contributed by atoms with E-state index in [0.717, 1.165) is 5.56 Å². The third-order valence-corrected chi connectivity index (χ3v) is 6.32. The van der Waals surface area contributed by atoms with Gasteiger partial charge in [-0.1, -0.05) is 30.3 Å². The molecule has 1 aromatic carbocycles. The zero-order valence-electron chi connectivity index (χ0n) is 20.8. The quantitative estimate of drug-likeness (QED) is 0.632. The number of likely N-dealkylation sites (tertiary alicyclic amines) is 1. The van der Waals surface area contributed by atoms with Gasteiger partial charge in [0.15, 0.2) is 0 Å². The highest BCUT2D eigenvalue weighted by Crippen LogP contribution is 2.36. The molecule has 2 fully saturated rings. The van der Waals surface area contributed by atoms with Crippen LogP contribution in [0.2, 0.25) is 0 Å². The van der Waals surface area contributed by atoms with Gasteiger partial charge in [0.2, 0.25) is 5.91 Å². The summed E-state index contributed by atoms with van der Waals surface area (Å²) in [5.74, 6) is -0.277. The van der Waals surface area contributed by atoms with E-state index in [1.165, 1.54) is 0 Å². The standard InChI is InChI=1S/C25H38N4O5/c1-5-33-21(30)19-27-15-17-29(18-16-27)26-22(31)25(20-9-7-6-8-10-20)11-13-28(14-12-25)23(32)34-24(2,3)4/h6-10H,5,11-19H2,1-4H3,(H,26,31). The molecule has 0 saturated carbocycles. The summed E-state index contributed by atoms with van der Waals surface area (Å²) in [4.78, 5) is 41.7. The Morgan fingerprint density at radius 3 is 2.15 bits per heavy atom. The molecule has 2 saturated heterocycles. The second-order valence-corrected chi connectivity index (χ2v) is 9.92. The van der Waals surface area contributed by atoms with E-state index in [-0.39, 0.29) is 24.5 Å². The Balaban J connectivity index is 1.63. The molecule has 0 aliphatic carbocycles. The molecule has 9 heteroatoms. The molecule has 1 aromatic rings. The number of piperazine rings is 1. The molecule has 1 N–H and O–H groups in total. The SMILES string of the molecule is CCOC(=O)CN1CCN(NC(=O)C2(c3ccccc3)CCN(C(=O)OC(C)(C)C)CC2)CC1. The molecule has 3 rings (SSSR count). The van der Waals surface area contributed by atoms with Crippen molar-refractivity contribution in [2.45, 2.75) is 51.6 Å². The Morgan fingerprint density at radius 1 is 0.971 bits per heavy atom. The smallest absolute Gasteiger partial charge is 0.410 e. The number of hydrazine groups is 1. The predicted molar refractivity (Wildman–Crippen MR) is 128 cm³/mol. The van der Waals surface area contributed by atoms with Crippen molar-refractivity contribution in [2.75, 3.05) is 52.4 Å². The average molecular weight is 475 g/mol. The van der Waals surface area contributed by atoms with Gasteiger partial charge in [-0.3, -0.25) is 19.9 Å². The van der Waals surface area contributed by atoms with Crippen LogP contribution in [0.15, 0.2) is 30.3 Å². The summed E-state index contributed by atoms with van der Waals surface area (Å²) in [6, 6.07) is 9.80. The van der Waals surface area contributed by atoms with Crippen molar-refractivity contribution in [1.29, 1.82) is 0 Å². The van der Waals surface area contributed by atoms with Crippen LogP contribution in [0.1, 0.15) is 46.1 Å². The third-order valence-electron chi connectivity index (χ3n) is 6.32. The molecule has 34 heavy (non-hydrogen) atoms. The number of esters is 1. The largest absolute Gasteiger partial charge is 0.465 e. The minimum absolute atomic E-state index is 0.0543. The van der Waals surface area contributed by atoms with E-state index in [4.69, 9.17) is 9.47 Å². The van der Waals surface area contributed by atoms with Gasteiger partial charge in [0, 0.05) is 39.3 Å². The monoisotopic (exact) mass is 474 g/mol. The van der Waals surface area contributed by atoms with Crippen LogP contribution in [0.5, 0.6) is 0 Å². The first-order valence-corrected chi connectivity index (χ1v) is 12.1. The van der Waals surface area contributed by atoms with E-state index in [0.29, 0.717) is 58.7 Å². The van der Waals surface area contributed by atoms with Gasteiger partial charge in [0.05, 0.1) is 18.6 Å². The van der Waals surface area contributed by atoms with E-state index >= 15 is 0 Å². The number of hydrogen-bond donors (Lipinski definition) is 1. The average Bonchev–Trinajstić information content (AvgIpc) is 2.80. The molecule has 0 bridgehead atoms. The zero-order chi connectivity index (χ0) is 24.8. The molecular weight excluding hydrogens is 436 g/mol. The van der Waals surface area contributed by atoms with Crippen molar-refractivity contribution in [3.05, 3.63) is 35.9 Å². The summed E-state index contributed by atoms with van der Waals surface area (Å²) in [5, 5.41) is 1.93. The van der Waals surface area contributed by atoms with Crippen molar-refractivity contribution in [3.8, 4) is 0 Å². The molecule has 0 aromatic heterocycles. The molecule has 0 unspecified atom stereocenters. The van der Waals surface area contributed by atoms with Crippen molar-refractivity contribution in [3.63, 3.8) is 0 Å². The van der Waals surface area contributed by atoms with Crippen LogP contribution in [0.3, 0.4) is 0 Å². The maximum absolute atomic E-state index is 13.7. The lowest BCUT2D eigenvalue weighted by atomic mass is 9.72. The number of carbonyl (C=O) groups excluding carboxylic acids is 3. The summed E-state index contributed by atoms with van der Waals surface area (Å²) >= 11 is 0. The predicted octanol–water partition coefficient (Wildman–Crippen LogP) is 2.17. The fourth-order valence-electron chi connectivity index (χ4n) is 4.46. The Kier molecular flexibility index (Phi) is 8.54. The van der Waals surface area contributed by atoms with Crippen LogP contribution in [0.25, 0.3) is 0 Å². The van der Waals surface area contributed by atoms with Crippen LogP contribution < -0.4 is 5.43 Å². The van der Waals surface area contributed by atoms with E-state index in [9.17, 15) is 14.4 Å². The lowest BCUT2D eigenvalue weighted by Crippen LogP contribution is -2.60. The van der Waals surface area contributed by atoms with Crippen LogP contribution in [0, 0.1) is 0 Å². The number of rotatable bonds is 6. The first kappa shape index (κ1) is 26.0. The number of carbonyl (C=O) groups is 3. The number of amides is 2. The molecule has 0 spiro atoms.